The molecule has 0 fully saturated rings. The number of hydrogen-bond acceptors (Lipinski definition) is 1. The molecule has 1 aromatic carbocycles. The fraction of sp³-hybridized carbons (Fsp3) is 0.316. The second kappa shape index (κ2) is 9.11. The largest absolute Gasteiger partial charge is 0.330 e. The first-order valence-corrected chi connectivity index (χ1v) is 7.92. The van der Waals surface area contributed by atoms with E-state index in [0.717, 1.165) is 37.2 Å². The summed E-state index contributed by atoms with van der Waals surface area (Å²) in [5.41, 5.74) is 7.67. The van der Waals surface area contributed by atoms with E-state index < -0.39 is 0 Å². The zero-order chi connectivity index (χ0) is 15.6. The fourth-order valence-electron chi connectivity index (χ4n) is 2.38. The highest BCUT2D eigenvalue weighted by atomic mass is 19.1. The molecule has 0 aliphatic rings. The average molecular weight is 299 g/mol. The third-order valence-electron chi connectivity index (χ3n) is 3.65. The predicted molar refractivity (Wildman–Crippen MR) is 89.5 cm³/mol. The van der Waals surface area contributed by atoms with Gasteiger partial charge in [-0.15, -0.1) is 0 Å². The van der Waals surface area contributed by atoms with Gasteiger partial charge in [-0.2, -0.15) is 4.57 Å². The van der Waals surface area contributed by atoms with Crippen LogP contribution in [0.3, 0.4) is 0 Å². The number of hydrogen-bond donors (Lipinski definition) is 1. The second-order valence-corrected chi connectivity index (χ2v) is 5.41. The summed E-state index contributed by atoms with van der Waals surface area (Å²) in [5, 5.41) is 0. The van der Waals surface area contributed by atoms with E-state index in [2.05, 4.69) is 29.0 Å². The monoisotopic (exact) mass is 299 g/mol. The van der Waals surface area contributed by atoms with Crippen LogP contribution < -0.4 is 10.3 Å². The molecule has 22 heavy (non-hydrogen) atoms. The smallest absolute Gasteiger partial charge is 0.205 e. The third-order valence-corrected chi connectivity index (χ3v) is 3.65. The molecule has 0 radical (unpaired) electrons. The molecule has 3 heteroatoms. The van der Waals surface area contributed by atoms with E-state index >= 15 is 0 Å². The molecule has 2 aromatic rings. The molecule has 0 unspecified atom stereocenters. The molecule has 0 saturated carbocycles. The first-order chi connectivity index (χ1) is 10.8. The Bertz CT molecular complexity index is 591. The highest BCUT2D eigenvalue weighted by Gasteiger charge is 2.05. The number of nitrogens with two attached hydrogens (primary N) is 1. The summed E-state index contributed by atoms with van der Waals surface area (Å²) < 4.78 is 15.2. The van der Waals surface area contributed by atoms with E-state index in [1.807, 2.05) is 12.1 Å². The van der Waals surface area contributed by atoms with Gasteiger partial charge < -0.3 is 5.73 Å². The van der Waals surface area contributed by atoms with Crippen LogP contribution in [-0.4, -0.2) is 6.54 Å². The number of benzene rings is 1. The Morgan fingerprint density at radius 3 is 2.45 bits per heavy atom. The molecular formula is C19H24FN2+. The summed E-state index contributed by atoms with van der Waals surface area (Å²) in [6.07, 6.45) is 10.9. The van der Waals surface area contributed by atoms with E-state index in [0.29, 0.717) is 0 Å². The third kappa shape index (κ3) is 5.41. The molecule has 116 valence electrons. The van der Waals surface area contributed by atoms with Crippen LogP contribution in [-0.2, 0) is 6.54 Å². The Kier molecular flexibility index (Phi) is 6.78. The topological polar surface area (TPSA) is 29.9 Å². The van der Waals surface area contributed by atoms with Gasteiger partial charge in [-0.25, -0.2) is 4.39 Å². The Morgan fingerprint density at radius 2 is 1.68 bits per heavy atom. The molecule has 2 N–H and O–H groups in total. The van der Waals surface area contributed by atoms with Crippen LogP contribution in [0, 0.1) is 5.82 Å². The summed E-state index contributed by atoms with van der Waals surface area (Å²) in [5.74, 6) is -0.204. The second-order valence-electron chi connectivity index (χ2n) is 5.41. The Labute approximate surface area is 132 Å². The molecule has 1 heterocycles. The average Bonchev–Trinajstić information content (AvgIpc) is 2.55. The molecule has 2 nitrogen and oxygen atoms in total. The summed E-state index contributed by atoms with van der Waals surface area (Å²) in [6, 6.07) is 12.7. The van der Waals surface area contributed by atoms with Gasteiger partial charge in [-0.1, -0.05) is 18.6 Å². The van der Waals surface area contributed by atoms with Gasteiger partial charge >= 0.3 is 0 Å². The van der Waals surface area contributed by atoms with E-state index in [1.165, 1.54) is 25.0 Å². The van der Waals surface area contributed by atoms with Crippen LogP contribution in [0.1, 0.15) is 36.9 Å². The quantitative estimate of drug-likeness (QED) is 0.583. The van der Waals surface area contributed by atoms with Crippen molar-refractivity contribution in [1.29, 1.82) is 0 Å². The minimum Gasteiger partial charge on any atom is -0.330 e. The minimum absolute atomic E-state index is 0.204. The van der Waals surface area contributed by atoms with Gasteiger partial charge in [0.05, 0.1) is 0 Å². The maximum absolute atomic E-state index is 12.9. The normalized spacial score (nSPS) is 11.2. The highest BCUT2D eigenvalue weighted by Crippen LogP contribution is 2.07. The first-order valence-electron chi connectivity index (χ1n) is 7.92. The van der Waals surface area contributed by atoms with Crippen molar-refractivity contribution in [2.24, 2.45) is 5.73 Å². The van der Waals surface area contributed by atoms with Gasteiger partial charge in [0.25, 0.3) is 0 Å². The van der Waals surface area contributed by atoms with Gasteiger partial charge in [-0.05, 0) is 49.2 Å². The van der Waals surface area contributed by atoms with Gasteiger partial charge in [0.1, 0.15) is 12.4 Å². The zero-order valence-electron chi connectivity index (χ0n) is 12.9. The molecule has 0 amide bonds. The summed E-state index contributed by atoms with van der Waals surface area (Å²) >= 11 is 0. The van der Waals surface area contributed by atoms with E-state index in [-0.39, 0.29) is 5.82 Å². The first kappa shape index (κ1) is 16.4. The molecule has 0 bridgehead atoms. The predicted octanol–water partition coefficient (Wildman–Crippen LogP) is 3.80. The van der Waals surface area contributed by atoms with Gasteiger partial charge in [-0.3, -0.25) is 0 Å². The van der Waals surface area contributed by atoms with Gasteiger partial charge in [0, 0.05) is 24.6 Å². The lowest BCUT2D eigenvalue weighted by molar-refractivity contribution is -0.699. The molecule has 0 spiro atoms. The minimum atomic E-state index is -0.204. The molecule has 0 saturated heterocycles. The fourth-order valence-corrected chi connectivity index (χ4v) is 2.38. The summed E-state index contributed by atoms with van der Waals surface area (Å²) in [7, 11) is 0. The maximum Gasteiger partial charge on any atom is 0.205 e. The number of aromatic nitrogens is 1. The van der Waals surface area contributed by atoms with E-state index in [9.17, 15) is 4.39 Å². The van der Waals surface area contributed by atoms with Crippen molar-refractivity contribution in [1.82, 2.24) is 0 Å². The molecular weight excluding hydrogens is 275 g/mol. The lowest BCUT2D eigenvalue weighted by atomic mass is 10.1. The number of nitrogens with zero attached hydrogens (tertiary/aromatic N) is 1. The van der Waals surface area contributed by atoms with Crippen LogP contribution in [0.25, 0.3) is 12.2 Å². The number of rotatable bonds is 8. The van der Waals surface area contributed by atoms with Crippen molar-refractivity contribution < 1.29 is 8.96 Å². The highest BCUT2D eigenvalue weighted by molar-refractivity contribution is 5.66. The van der Waals surface area contributed by atoms with Crippen LogP contribution >= 0.6 is 0 Å². The Morgan fingerprint density at radius 1 is 0.909 bits per heavy atom. The molecule has 0 atom stereocenters. The lowest BCUT2D eigenvalue weighted by Crippen LogP contribution is -2.36. The van der Waals surface area contributed by atoms with Crippen molar-refractivity contribution in [3.05, 3.63) is 65.7 Å². The number of aryl methyl sites for hydroxylation is 1. The van der Waals surface area contributed by atoms with Crippen LogP contribution in [0.15, 0.2) is 48.7 Å². The van der Waals surface area contributed by atoms with Gasteiger partial charge in [0.2, 0.25) is 5.69 Å². The molecule has 1 aromatic heterocycles. The van der Waals surface area contributed by atoms with Crippen molar-refractivity contribution in [2.75, 3.05) is 6.54 Å². The standard InChI is InChI=1S/C19H24FN2/c20-18-11-8-17(9-12-18)10-13-19-7-3-6-16-22(19)15-5-2-1-4-14-21/h3,6-13,16H,1-2,4-5,14-15,21H2/q+1/b13-10+. The van der Waals surface area contributed by atoms with Crippen molar-refractivity contribution >= 4 is 12.2 Å². The summed E-state index contributed by atoms with van der Waals surface area (Å²) in [6.45, 7) is 1.79. The van der Waals surface area contributed by atoms with Crippen LogP contribution in [0.2, 0.25) is 0 Å². The number of halogens is 1. The van der Waals surface area contributed by atoms with Crippen molar-refractivity contribution in [3.63, 3.8) is 0 Å². The van der Waals surface area contributed by atoms with Crippen LogP contribution in [0.5, 0.6) is 0 Å². The number of unbranched alkanes of at least 4 members (excludes halogenated alkanes) is 3. The Balaban J connectivity index is 1.97. The van der Waals surface area contributed by atoms with E-state index in [4.69, 9.17) is 5.73 Å². The van der Waals surface area contributed by atoms with E-state index in [1.54, 1.807) is 12.1 Å². The molecule has 0 aliphatic heterocycles. The molecule has 0 aliphatic carbocycles. The van der Waals surface area contributed by atoms with Gasteiger partial charge in [0.15, 0.2) is 6.20 Å². The Hall–Kier alpha value is -2.00. The SMILES string of the molecule is NCCCCCC[n+]1ccccc1/C=C/c1ccc(F)cc1. The van der Waals surface area contributed by atoms with Crippen molar-refractivity contribution in [3.8, 4) is 0 Å². The number of pyridine rings is 1. The van der Waals surface area contributed by atoms with Crippen molar-refractivity contribution in [2.45, 2.75) is 32.2 Å². The van der Waals surface area contributed by atoms with Crippen LogP contribution in [0.4, 0.5) is 4.39 Å². The lowest BCUT2D eigenvalue weighted by Gasteiger charge is -2.01. The zero-order valence-corrected chi connectivity index (χ0v) is 12.9. The summed E-state index contributed by atoms with van der Waals surface area (Å²) in [4.78, 5) is 0. The maximum atomic E-state index is 12.9. The molecule has 2 rings (SSSR count).